The number of aromatic nitrogens is 1. The molecule has 3 aromatic rings. The van der Waals surface area contributed by atoms with E-state index in [2.05, 4.69) is 15.0 Å². The van der Waals surface area contributed by atoms with E-state index in [1.807, 2.05) is 6.92 Å². The minimum atomic E-state index is -3.71. The maximum Gasteiger partial charge on any atom is 0.263 e. The Hall–Kier alpha value is -2.42. The first-order valence-electron chi connectivity index (χ1n) is 7.91. The zero-order chi connectivity index (χ0) is 19.4. The van der Waals surface area contributed by atoms with Crippen molar-refractivity contribution in [1.29, 1.82) is 0 Å². The SMILES string of the molecule is Cc1ccc(S(=O)(=O)Nc2nc(CC(=O)Nc3ccc(Cl)cc3)cs2)cc1. The van der Waals surface area contributed by atoms with Crippen LogP contribution in [-0.4, -0.2) is 19.3 Å². The largest absolute Gasteiger partial charge is 0.326 e. The van der Waals surface area contributed by atoms with Gasteiger partial charge in [0.15, 0.2) is 5.13 Å². The molecule has 1 amide bonds. The molecule has 0 saturated carbocycles. The molecule has 9 heteroatoms. The Labute approximate surface area is 166 Å². The Kier molecular flexibility index (Phi) is 5.79. The predicted molar refractivity (Wildman–Crippen MR) is 108 cm³/mol. The fourth-order valence-electron chi connectivity index (χ4n) is 2.23. The summed E-state index contributed by atoms with van der Waals surface area (Å²) in [4.78, 5) is 16.4. The lowest BCUT2D eigenvalue weighted by atomic mass is 10.2. The average molecular weight is 422 g/mol. The fourth-order valence-corrected chi connectivity index (χ4v) is 4.32. The van der Waals surface area contributed by atoms with Crippen molar-refractivity contribution < 1.29 is 13.2 Å². The minimum Gasteiger partial charge on any atom is -0.326 e. The maximum atomic E-state index is 12.4. The molecule has 6 nitrogen and oxygen atoms in total. The second-order valence-electron chi connectivity index (χ2n) is 5.79. The fraction of sp³-hybridized carbons (Fsp3) is 0.111. The first-order chi connectivity index (χ1) is 12.8. The van der Waals surface area contributed by atoms with E-state index in [0.717, 1.165) is 16.9 Å². The van der Waals surface area contributed by atoms with Crippen molar-refractivity contribution >= 4 is 49.7 Å². The first-order valence-corrected chi connectivity index (χ1v) is 10.7. The standard InChI is InChI=1S/C18H16ClN3O3S2/c1-12-2-8-16(9-3-12)27(24,25)22-18-21-15(11-26-18)10-17(23)20-14-6-4-13(19)5-7-14/h2-9,11H,10H2,1H3,(H,20,23)(H,21,22). The van der Waals surface area contributed by atoms with E-state index in [9.17, 15) is 13.2 Å². The Bertz CT molecular complexity index is 1050. The molecule has 0 fully saturated rings. The summed E-state index contributed by atoms with van der Waals surface area (Å²) >= 11 is 6.93. The zero-order valence-corrected chi connectivity index (χ0v) is 16.7. The van der Waals surface area contributed by atoms with Crippen molar-refractivity contribution in [2.24, 2.45) is 0 Å². The number of aryl methyl sites for hydroxylation is 1. The number of rotatable bonds is 6. The highest BCUT2D eigenvalue weighted by molar-refractivity contribution is 7.93. The lowest BCUT2D eigenvalue weighted by Gasteiger charge is -2.05. The molecular weight excluding hydrogens is 406 g/mol. The molecule has 0 unspecified atom stereocenters. The monoisotopic (exact) mass is 421 g/mol. The number of nitrogens with zero attached hydrogens (tertiary/aromatic N) is 1. The predicted octanol–water partition coefficient (Wildman–Crippen LogP) is 4.09. The van der Waals surface area contributed by atoms with E-state index in [-0.39, 0.29) is 22.4 Å². The average Bonchev–Trinajstić information content (AvgIpc) is 3.03. The summed E-state index contributed by atoms with van der Waals surface area (Å²) in [5, 5.41) is 5.18. The maximum absolute atomic E-state index is 12.4. The molecule has 3 rings (SSSR count). The van der Waals surface area contributed by atoms with E-state index in [4.69, 9.17) is 11.6 Å². The Balaban J connectivity index is 1.63. The number of sulfonamides is 1. The van der Waals surface area contributed by atoms with Crippen LogP contribution < -0.4 is 10.0 Å². The smallest absolute Gasteiger partial charge is 0.263 e. The van der Waals surface area contributed by atoms with Gasteiger partial charge in [-0.2, -0.15) is 0 Å². The number of hydrogen-bond acceptors (Lipinski definition) is 5. The molecule has 0 spiro atoms. The third kappa shape index (κ3) is 5.29. The second-order valence-corrected chi connectivity index (χ2v) is 8.77. The van der Waals surface area contributed by atoms with E-state index in [1.54, 1.807) is 41.8 Å². The molecule has 2 N–H and O–H groups in total. The number of thiazole rings is 1. The first kappa shape index (κ1) is 19.3. The molecule has 0 aliphatic heterocycles. The molecule has 0 radical (unpaired) electrons. The van der Waals surface area contributed by atoms with Gasteiger partial charge in [0.05, 0.1) is 17.0 Å². The van der Waals surface area contributed by atoms with Crippen LogP contribution >= 0.6 is 22.9 Å². The van der Waals surface area contributed by atoms with E-state index in [1.165, 1.54) is 12.1 Å². The van der Waals surface area contributed by atoms with Crippen molar-refractivity contribution in [2.45, 2.75) is 18.2 Å². The van der Waals surface area contributed by atoms with Gasteiger partial charge in [-0.3, -0.25) is 9.52 Å². The summed E-state index contributed by atoms with van der Waals surface area (Å²) in [5.41, 5.74) is 2.07. The van der Waals surface area contributed by atoms with E-state index >= 15 is 0 Å². The number of carbonyl (C=O) groups is 1. The minimum absolute atomic E-state index is 0.0331. The highest BCUT2D eigenvalue weighted by Crippen LogP contribution is 2.21. The summed E-state index contributed by atoms with van der Waals surface area (Å²) in [5.74, 6) is -0.254. The number of hydrogen-bond donors (Lipinski definition) is 2. The highest BCUT2D eigenvalue weighted by atomic mass is 35.5. The van der Waals surface area contributed by atoms with Gasteiger partial charge in [-0.1, -0.05) is 29.3 Å². The normalized spacial score (nSPS) is 11.2. The van der Waals surface area contributed by atoms with Crippen molar-refractivity contribution in [3.63, 3.8) is 0 Å². The summed E-state index contributed by atoms with van der Waals surface area (Å²) in [6, 6.07) is 13.3. The molecule has 1 aromatic heterocycles. The van der Waals surface area contributed by atoms with Gasteiger partial charge in [-0.15, -0.1) is 11.3 Å². The number of benzene rings is 2. The number of carbonyl (C=O) groups excluding carboxylic acids is 1. The van der Waals surface area contributed by atoms with Crippen LogP contribution in [0.2, 0.25) is 5.02 Å². The van der Waals surface area contributed by atoms with E-state index in [0.29, 0.717) is 16.4 Å². The third-order valence-electron chi connectivity index (χ3n) is 3.57. The number of amides is 1. The van der Waals surface area contributed by atoms with Crippen LogP contribution in [0.3, 0.4) is 0 Å². The van der Waals surface area contributed by atoms with Gasteiger partial charge in [-0.05, 0) is 43.3 Å². The molecule has 0 bridgehead atoms. The Morgan fingerprint density at radius 2 is 1.78 bits per heavy atom. The molecule has 0 aliphatic carbocycles. The molecule has 0 saturated heterocycles. The highest BCUT2D eigenvalue weighted by Gasteiger charge is 2.16. The molecule has 27 heavy (non-hydrogen) atoms. The lowest BCUT2D eigenvalue weighted by molar-refractivity contribution is -0.115. The third-order valence-corrected chi connectivity index (χ3v) is 6.12. The Morgan fingerprint density at radius 3 is 2.44 bits per heavy atom. The van der Waals surface area contributed by atoms with Crippen LogP contribution in [0.15, 0.2) is 58.8 Å². The van der Waals surface area contributed by atoms with Crippen LogP contribution in [0.5, 0.6) is 0 Å². The summed E-state index contributed by atoms with van der Waals surface area (Å²) in [6.07, 6.45) is 0.0331. The summed E-state index contributed by atoms with van der Waals surface area (Å²) < 4.78 is 27.2. The molecule has 2 aromatic carbocycles. The van der Waals surface area contributed by atoms with Gasteiger partial charge in [-0.25, -0.2) is 13.4 Å². The van der Waals surface area contributed by atoms with E-state index < -0.39 is 10.0 Å². The van der Waals surface area contributed by atoms with Crippen molar-refractivity contribution in [3.05, 3.63) is 70.2 Å². The zero-order valence-electron chi connectivity index (χ0n) is 14.3. The van der Waals surface area contributed by atoms with Gasteiger partial charge < -0.3 is 5.32 Å². The number of halogens is 1. The Morgan fingerprint density at radius 1 is 1.11 bits per heavy atom. The summed E-state index contributed by atoms with van der Waals surface area (Å²) in [7, 11) is -3.71. The van der Waals surface area contributed by atoms with Crippen LogP contribution in [0.1, 0.15) is 11.3 Å². The number of anilines is 2. The van der Waals surface area contributed by atoms with Crippen molar-refractivity contribution in [3.8, 4) is 0 Å². The second kappa shape index (κ2) is 8.08. The van der Waals surface area contributed by atoms with Crippen molar-refractivity contribution in [2.75, 3.05) is 10.0 Å². The lowest BCUT2D eigenvalue weighted by Crippen LogP contribution is -2.15. The molecule has 0 aliphatic rings. The van der Waals surface area contributed by atoms with Gasteiger partial charge in [0.1, 0.15) is 0 Å². The van der Waals surface area contributed by atoms with Gasteiger partial charge in [0.25, 0.3) is 10.0 Å². The summed E-state index contributed by atoms with van der Waals surface area (Å²) in [6.45, 7) is 1.88. The molecular formula is C18H16ClN3O3S2. The van der Waals surface area contributed by atoms with Gasteiger partial charge in [0.2, 0.25) is 5.91 Å². The van der Waals surface area contributed by atoms with Crippen LogP contribution in [0.4, 0.5) is 10.8 Å². The number of nitrogens with one attached hydrogen (secondary N) is 2. The van der Waals surface area contributed by atoms with Gasteiger partial charge in [0, 0.05) is 16.1 Å². The molecule has 140 valence electrons. The molecule has 1 heterocycles. The molecule has 0 atom stereocenters. The van der Waals surface area contributed by atoms with Crippen LogP contribution in [-0.2, 0) is 21.2 Å². The topological polar surface area (TPSA) is 88.2 Å². The van der Waals surface area contributed by atoms with Crippen LogP contribution in [0.25, 0.3) is 0 Å². The van der Waals surface area contributed by atoms with Crippen molar-refractivity contribution in [1.82, 2.24) is 4.98 Å². The quantitative estimate of drug-likeness (QED) is 0.627. The van der Waals surface area contributed by atoms with Crippen LogP contribution in [0, 0.1) is 6.92 Å². The van der Waals surface area contributed by atoms with Gasteiger partial charge >= 0.3 is 0 Å².